The number of aryl methyl sites for hydroxylation is 1. The first-order valence-electron chi connectivity index (χ1n) is 11.6. The van der Waals surface area contributed by atoms with Gasteiger partial charge in [-0.25, -0.2) is 0 Å². The molecule has 1 aromatic heterocycles. The van der Waals surface area contributed by atoms with Gasteiger partial charge in [0.2, 0.25) is 5.91 Å². The second-order valence-electron chi connectivity index (χ2n) is 8.70. The Morgan fingerprint density at radius 1 is 0.971 bits per heavy atom. The molecule has 1 unspecified atom stereocenters. The van der Waals surface area contributed by atoms with E-state index in [9.17, 15) is 9.59 Å². The van der Waals surface area contributed by atoms with Crippen molar-refractivity contribution in [3.8, 4) is 0 Å². The van der Waals surface area contributed by atoms with Gasteiger partial charge in [-0.1, -0.05) is 53.5 Å². The highest BCUT2D eigenvalue weighted by Gasteiger charge is 2.28. The van der Waals surface area contributed by atoms with Gasteiger partial charge in [0.15, 0.2) is 0 Å². The van der Waals surface area contributed by atoms with Crippen LogP contribution in [0.5, 0.6) is 0 Å². The summed E-state index contributed by atoms with van der Waals surface area (Å²) in [5, 5.41) is 0.660. The number of hydrogen-bond acceptors (Lipinski definition) is 4. The summed E-state index contributed by atoms with van der Waals surface area (Å²) < 4.78 is 11.5. The first-order valence-corrected chi connectivity index (χ1v) is 12.4. The zero-order valence-electron chi connectivity index (χ0n) is 19.6. The standard InChI is InChI=1S/C27H28Cl2N2O4/c1-19-9-11-23(35-19)17-30(15-20-6-3-2-4-7-20)26(32)18-31(16-22-8-5-13-34-22)27(33)21-10-12-24(28)25(29)14-21/h2-4,6-7,9-12,14,22H,5,8,13,15-18H2,1H3. The quantitative estimate of drug-likeness (QED) is 0.365. The van der Waals surface area contributed by atoms with Crippen molar-refractivity contribution >= 4 is 35.0 Å². The average molecular weight is 515 g/mol. The van der Waals surface area contributed by atoms with Crippen molar-refractivity contribution in [2.45, 2.75) is 39.0 Å². The summed E-state index contributed by atoms with van der Waals surface area (Å²) in [5.74, 6) is 0.991. The maximum absolute atomic E-state index is 13.6. The first-order chi connectivity index (χ1) is 16.9. The van der Waals surface area contributed by atoms with Gasteiger partial charge in [0, 0.05) is 25.3 Å². The van der Waals surface area contributed by atoms with Gasteiger partial charge in [0.1, 0.15) is 18.1 Å². The Morgan fingerprint density at radius 2 is 1.77 bits per heavy atom. The van der Waals surface area contributed by atoms with E-state index in [1.165, 1.54) is 6.07 Å². The van der Waals surface area contributed by atoms with E-state index in [0.717, 1.165) is 24.2 Å². The summed E-state index contributed by atoms with van der Waals surface area (Å²) in [5.41, 5.74) is 1.37. The molecule has 3 aromatic rings. The second-order valence-corrected chi connectivity index (χ2v) is 9.51. The van der Waals surface area contributed by atoms with Gasteiger partial charge in [-0.2, -0.15) is 0 Å². The van der Waals surface area contributed by atoms with E-state index in [-0.39, 0.29) is 24.5 Å². The molecule has 1 atom stereocenters. The van der Waals surface area contributed by atoms with Gasteiger partial charge in [-0.15, -0.1) is 0 Å². The van der Waals surface area contributed by atoms with E-state index in [2.05, 4.69) is 0 Å². The van der Waals surface area contributed by atoms with Gasteiger partial charge in [0.25, 0.3) is 5.91 Å². The number of halogens is 2. The summed E-state index contributed by atoms with van der Waals surface area (Å²) in [6, 6.07) is 18.2. The lowest BCUT2D eigenvalue weighted by Gasteiger charge is -2.29. The number of hydrogen-bond donors (Lipinski definition) is 0. The molecule has 0 aliphatic carbocycles. The van der Waals surface area contributed by atoms with Crippen molar-refractivity contribution in [2.24, 2.45) is 0 Å². The van der Waals surface area contributed by atoms with Crippen molar-refractivity contribution in [3.63, 3.8) is 0 Å². The van der Waals surface area contributed by atoms with E-state index in [0.29, 0.717) is 47.6 Å². The molecule has 0 N–H and O–H groups in total. The Balaban J connectivity index is 1.56. The monoisotopic (exact) mass is 514 g/mol. The minimum absolute atomic E-state index is 0.0918. The Morgan fingerprint density at radius 3 is 2.43 bits per heavy atom. The third-order valence-electron chi connectivity index (χ3n) is 5.94. The molecule has 35 heavy (non-hydrogen) atoms. The molecule has 0 spiro atoms. The molecule has 0 bridgehead atoms. The molecule has 0 radical (unpaired) electrons. The van der Waals surface area contributed by atoms with Crippen LogP contribution >= 0.6 is 23.2 Å². The van der Waals surface area contributed by atoms with Crippen LogP contribution in [0.3, 0.4) is 0 Å². The highest BCUT2D eigenvalue weighted by molar-refractivity contribution is 6.42. The number of amides is 2. The summed E-state index contributed by atoms with van der Waals surface area (Å²) in [6.07, 6.45) is 1.68. The zero-order chi connectivity index (χ0) is 24.8. The van der Waals surface area contributed by atoms with Crippen LogP contribution in [0.1, 0.15) is 40.3 Å². The van der Waals surface area contributed by atoms with Gasteiger partial charge < -0.3 is 19.0 Å². The average Bonchev–Trinajstić information content (AvgIpc) is 3.51. The van der Waals surface area contributed by atoms with Gasteiger partial charge in [0.05, 0.1) is 22.7 Å². The lowest BCUT2D eigenvalue weighted by molar-refractivity contribution is -0.133. The minimum Gasteiger partial charge on any atom is -0.464 e. The molecular weight excluding hydrogens is 487 g/mol. The largest absolute Gasteiger partial charge is 0.464 e. The number of ether oxygens (including phenoxy) is 1. The fraction of sp³-hybridized carbons (Fsp3) is 0.333. The van der Waals surface area contributed by atoms with Crippen LogP contribution in [0.25, 0.3) is 0 Å². The predicted molar refractivity (Wildman–Crippen MR) is 135 cm³/mol. The molecule has 2 amide bonds. The van der Waals surface area contributed by atoms with E-state index in [1.54, 1.807) is 21.9 Å². The van der Waals surface area contributed by atoms with E-state index < -0.39 is 0 Å². The number of furan rings is 1. The molecule has 184 valence electrons. The lowest BCUT2D eigenvalue weighted by atomic mass is 10.1. The fourth-order valence-electron chi connectivity index (χ4n) is 4.12. The van der Waals surface area contributed by atoms with Crippen molar-refractivity contribution in [1.29, 1.82) is 0 Å². The number of benzene rings is 2. The maximum atomic E-state index is 13.6. The Hall–Kier alpha value is -2.80. The smallest absolute Gasteiger partial charge is 0.254 e. The summed E-state index contributed by atoms with van der Waals surface area (Å²) in [6.45, 7) is 3.46. The number of rotatable bonds is 9. The summed E-state index contributed by atoms with van der Waals surface area (Å²) >= 11 is 12.2. The molecule has 6 nitrogen and oxygen atoms in total. The highest BCUT2D eigenvalue weighted by atomic mass is 35.5. The normalized spacial score (nSPS) is 15.2. The number of carbonyl (C=O) groups is 2. The van der Waals surface area contributed by atoms with Crippen LogP contribution in [0, 0.1) is 6.92 Å². The summed E-state index contributed by atoms with van der Waals surface area (Å²) in [4.78, 5) is 30.3. The van der Waals surface area contributed by atoms with Gasteiger partial charge in [-0.3, -0.25) is 9.59 Å². The summed E-state index contributed by atoms with van der Waals surface area (Å²) in [7, 11) is 0. The second kappa shape index (κ2) is 11.8. The molecule has 1 saturated heterocycles. The van der Waals surface area contributed by atoms with Gasteiger partial charge >= 0.3 is 0 Å². The molecule has 4 rings (SSSR count). The molecular formula is C27H28Cl2N2O4. The van der Waals surface area contributed by atoms with Crippen molar-refractivity contribution < 1.29 is 18.7 Å². The van der Waals surface area contributed by atoms with Crippen LogP contribution in [-0.4, -0.2) is 47.4 Å². The number of nitrogens with zero attached hydrogens (tertiary/aromatic N) is 2. The predicted octanol–water partition coefficient (Wildman–Crippen LogP) is 5.75. The molecule has 1 aliphatic rings. The maximum Gasteiger partial charge on any atom is 0.254 e. The molecule has 1 aliphatic heterocycles. The zero-order valence-corrected chi connectivity index (χ0v) is 21.1. The van der Waals surface area contributed by atoms with E-state index >= 15 is 0 Å². The Labute approximate surface area is 215 Å². The Kier molecular flexibility index (Phi) is 8.50. The van der Waals surface area contributed by atoms with Crippen LogP contribution in [-0.2, 0) is 22.6 Å². The number of carbonyl (C=O) groups excluding carboxylic acids is 2. The SMILES string of the molecule is Cc1ccc(CN(Cc2ccccc2)C(=O)CN(CC2CCCO2)C(=O)c2ccc(Cl)c(Cl)c2)o1. The first kappa shape index (κ1) is 25.3. The lowest BCUT2D eigenvalue weighted by Crippen LogP contribution is -2.45. The van der Waals surface area contributed by atoms with Crippen LogP contribution < -0.4 is 0 Å². The third kappa shape index (κ3) is 6.88. The molecule has 0 saturated carbocycles. The van der Waals surface area contributed by atoms with E-state index in [4.69, 9.17) is 32.4 Å². The Bertz CT molecular complexity index is 1160. The molecule has 2 aromatic carbocycles. The minimum atomic E-state index is -0.291. The molecule has 1 fully saturated rings. The molecule has 2 heterocycles. The topological polar surface area (TPSA) is 63.0 Å². The van der Waals surface area contributed by atoms with Crippen molar-refractivity contribution in [2.75, 3.05) is 19.7 Å². The third-order valence-corrected chi connectivity index (χ3v) is 6.68. The van der Waals surface area contributed by atoms with Crippen molar-refractivity contribution in [3.05, 3.63) is 93.4 Å². The van der Waals surface area contributed by atoms with Crippen LogP contribution in [0.15, 0.2) is 65.1 Å². The fourth-order valence-corrected chi connectivity index (χ4v) is 4.42. The molecule has 8 heteroatoms. The van der Waals surface area contributed by atoms with Crippen LogP contribution in [0.4, 0.5) is 0 Å². The highest BCUT2D eigenvalue weighted by Crippen LogP contribution is 2.24. The van der Waals surface area contributed by atoms with Crippen molar-refractivity contribution in [1.82, 2.24) is 9.80 Å². The van der Waals surface area contributed by atoms with Crippen LogP contribution in [0.2, 0.25) is 10.0 Å². The van der Waals surface area contributed by atoms with Gasteiger partial charge in [-0.05, 0) is 55.7 Å². The van der Waals surface area contributed by atoms with E-state index in [1.807, 2.05) is 49.4 Å².